The molecule has 0 saturated carbocycles. The lowest BCUT2D eigenvalue weighted by Gasteiger charge is -2.14. The number of ether oxygens (including phenoxy) is 2. The van der Waals surface area contributed by atoms with E-state index in [2.05, 4.69) is 4.98 Å². The average molecular weight is 356 g/mol. The van der Waals surface area contributed by atoms with Gasteiger partial charge < -0.3 is 20.2 Å². The molecule has 0 aliphatic carbocycles. The molecule has 1 fully saturated rings. The Balaban J connectivity index is 2.09. The lowest BCUT2D eigenvalue weighted by Crippen LogP contribution is -2.16. The largest absolute Gasteiger partial charge is 0.485 e. The van der Waals surface area contributed by atoms with Gasteiger partial charge in [-0.15, -0.1) is 0 Å². The van der Waals surface area contributed by atoms with Gasteiger partial charge in [0.25, 0.3) is 0 Å². The summed E-state index contributed by atoms with van der Waals surface area (Å²) in [7, 11) is 0. The molecule has 8 heteroatoms. The molecule has 1 atom stereocenters. The van der Waals surface area contributed by atoms with Gasteiger partial charge in [0.15, 0.2) is 11.6 Å². The van der Waals surface area contributed by atoms with Crippen molar-refractivity contribution in [2.45, 2.75) is 12.5 Å². The summed E-state index contributed by atoms with van der Waals surface area (Å²) < 4.78 is 25.3. The SMILES string of the molecule is N#Cc1c(N)[nH]c(=S)c(C#N)c1-c1ccc(OC2CCOC2)c(F)c1. The highest BCUT2D eigenvalue weighted by atomic mass is 32.1. The van der Waals surface area contributed by atoms with Crippen molar-refractivity contribution in [3.8, 4) is 29.0 Å². The Kier molecular flexibility index (Phi) is 4.66. The number of hydrogen-bond acceptors (Lipinski definition) is 6. The number of nitrogens with zero attached hydrogens (tertiary/aromatic N) is 2. The van der Waals surface area contributed by atoms with Gasteiger partial charge in [-0.25, -0.2) is 4.39 Å². The first-order valence-corrected chi connectivity index (χ1v) is 7.86. The molecule has 0 amide bonds. The first-order valence-electron chi connectivity index (χ1n) is 7.45. The smallest absolute Gasteiger partial charge is 0.165 e. The molecule has 2 aromatic rings. The Morgan fingerprint density at radius 1 is 1.32 bits per heavy atom. The van der Waals surface area contributed by atoms with Gasteiger partial charge in [0.1, 0.15) is 34.3 Å². The molecule has 1 saturated heterocycles. The summed E-state index contributed by atoms with van der Waals surface area (Å²) in [6.45, 7) is 1.01. The fourth-order valence-electron chi connectivity index (χ4n) is 2.67. The highest BCUT2D eigenvalue weighted by Crippen LogP contribution is 2.33. The predicted octanol–water partition coefficient (Wildman–Crippen LogP) is 3.04. The van der Waals surface area contributed by atoms with Crippen LogP contribution in [0.2, 0.25) is 0 Å². The van der Waals surface area contributed by atoms with E-state index in [4.69, 9.17) is 27.4 Å². The Morgan fingerprint density at radius 2 is 2.08 bits per heavy atom. The number of aromatic nitrogens is 1. The van der Waals surface area contributed by atoms with E-state index in [0.717, 1.165) is 0 Å². The van der Waals surface area contributed by atoms with E-state index in [1.807, 2.05) is 12.1 Å². The number of nitrogen functional groups attached to an aromatic ring is 1. The van der Waals surface area contributed by atoms with E-state index in [-0.39, 0.29) is 39.0 Å². The molecule has 1 unspecified atom stereocenters. The van der Waals surface area contributed by atoms with E-state index in [0.29, 0.717) is 25.2 Å². The third-order valence-corrected chi connectivity index (χ3v) is 4.18. The van der Waals surface area contributed by atoms with Gasteiger partial charge >= 0.3 is 0 Å². The maximum atomic E-state index is 14.5. The normalized spacial score (nSPS) is 16.2. The number of aromatic amines is 1. The molecule has 3 rings (SSSR count). The second kappa shape index (κ2) is 6.89. The quantitative estimate of drug-likeness (QED) is 0.819. The van der Waals surface area contributed by atoms with Crippen LogP contribution in [0.15, 0.2) is 18.2 Å². The van der Waals surface area contributed by atoms with Crippen LogP contribution in [0.5, 0.6) is 5.75 Å². The molecule has 2 heterocycles. The molecule has 0 spiro atoms. The maximum absolute atomic E-state index is 14.5. The van der Waals surface area contributed by atoms with Crippen LogP contribution in [0.3, 0.4) is 0 Å². The molecule has 1 aliphatic rings. The van der Waals surface area contributed by atoms with Crippen LogP contribution in [-0.4, -0.2) is 24.3 Å². The summed E-state index contributed by atoms with van der Waals surface area (Å²) in [5.74, 6) is -0.481. The summed E-state index contributed by atoms with van der Waals surface area (Å²) >= 11 is 5.09. The zero-order valence-electron chi connectivity index (χ0n) is 13.0. The second-order valence-corrected chi connectivity index (χ2v) is 5.87. The lowest BCUT2D eigenvalue weighted by molar-refractivity contribution is 0.138. The fourth-order valence-corrected chi connectivity index (χ4v) is 2.93. The summed E-state index contributed by atoms with van der Waals surface area (Å²) in [5.41, 5.74) is 6.43. The first kappa shape index (κ1) is 16.9. The first-order chi connectivity index (χ1) is 12.0. The van der Waals surface area contributed by atoms with Crippen molar-refractivity contribution < 1.29 is 13.9 Å². The van der Waals surface area contributed by atoms with Crippen LogP contribution < -0.4 is 10.5 Å². The third-order valence-electron chi connectivity index (χ3n) is 3.87. The Hall–Kier alpha value is -2.94. The highest BCUT2D eigenvalue weighted by Gasteiger charge is 2.21. The third kappa shape index (κ3) is 3.18. The summed E-state index contributed by atoms with van der Waals surface area (Å²) in [4.78, 5) is 2.61. The number of halogens is 1. The van der Waals surface area contributed by atoms with Gasteiger partial charge in [0.2, 0.25) is 0 Å². The average Bonchev–Trinajstić information content (AvgIpc) is 3.09. The lowest BCUT2D eigenvalue weighted by atomic mass is 9.96. The number of nitrogens with two attached hydrogens (primary N) is 1. The number of H-pyrrole nitrogens is 1. The van der Waals surface area contributed by atoms with Gasteiger partial charge in [-0.3, -0.25) is 0 Å². The maximum Gasteiger partial charge on any atom is 0.165 e. The molecule has 25 heavy (non-hydrogen) atoms. The number of rotatable bonds is 3. The van der Waals surface area contributed by atoms with E-state index < -0.39 is 5.82 Å². The monoisotopic (exact) mass is 356 g/mol. The van der Waals surface area contributed by atoms with Crippen molar-refractivity contribution in [3.63, 3.8) is 0 Å². The van der Waals surface area contributed by atoms with Crippen molar-refractivity contribution in [1.82, 2.24) is 4.98 Å². The number of anilines is 1. The van der Waals surface area contributed by atoms with Crippen molar-refractivity contribution in [2.75, 3.05) is 18.9 Å². The van der Waals surface area contributed by atoms with Crippen molar-refractivity contribution >= 4 is 18.0 Å². The Morgan fingerprint density at radius 3 is 2.68 bits per heavy atom. The molecule has 126 valence electrons. The fraction of sp³-hybridized carbons (Fsp3) is 0.235. The molecular formula is C17H13FN4O2S. The van der Waals surface area contributed by atoms with Gasteiger partial charge in [-0.2, -0.15) is 10.5 Å². The minimum absolute atomic E-state index is 0.0327. The summed E-state index contributed by atoms with van der Waals surface area (Å²) in [6.07, 6.45) is 0.508. The molecule has 0 bridgehead atoms. The second-order valence-electron chi connectivity index (χ2n) is 5.47. The van der Waals surface area contributed by atoms with Crippen LogP contribution >= 0.6 is 12.2 Å². The molecular weight excluding hydrogens is 343 g/mol. The van der Waals surface area contributed by atoms with Crippen LogP contribution in [0.4, 0.5) is 10.2 Å². The number of hydrogen-bond donors (Lipinski definition) is 2. The predicted molar refractivity (Wildman–Crippen MR) is 90.7 cm³/mol. The van der Waals surface area contributed by atoms with Crippen molar-refractivity contribution in [3.05, 3.63) is 39.8 Å². The van der Waals surface area contributed by atoms with Crippen molar-refractivity contribution in [2.24, 2.45) is 0 Å². The number of nitriles is 2. The standard InChI is InChI=1S/C17H13FN4O2S/c18-13-5-9(1-2-14(13)24-10-3-4-23-8-10)15-11(6-19)16(21)22-17(25)12(15)7-20/h1-2,5,10H,3-4,8H2,(H3,21,22,25). The Bertz CT molecular complexity index is 968. The van der Waals surface area contributed by atoms with Gasteiger partial charge in [-0.05, 0) is 17.7 Å². The van der Waals surface area contributed by atoms with E-state index >= 15 is 0 Å². The van der Waals surface area contributed by atoms with Crippen LogP contribution in [0, 0.1) is 33.1 Å². The van der Waals surface area contributed by atoms with Gasteiger partial charge in [0, 0.05) is 12.0 Å². The van der Waals surface area contributed by atoms with Crippen LogP contribution in [0.25, 0.3) is 11.1 Å². The van der Waals surface area contributed by atoms with Crippen molar-refractivity contribution in [1.29, 1.82) is 10.5 Å². The molecule has 1 aromatic heterocycles. The van der Waals surface area contributed by atoms with E-state index in [9.17, 15) is 14.9 Å². The summed E-state index contributed by atoms with van der Waals surface area (Å²) in [5, 5.41) is 18.7. The molecule has 1 aliphatic heterocycles. The zero-order chi connectivity index (χ0) is 18.0. The van der Waals surface area contributed by atoms with E-state index in [1.165, 1.54) is 12.1 Å². The number of pyridine rings is 1. The minimum atomic E-state index is -0.602. The minimum Gasteiger partial charge on any atom is -0.485 e. The molecule has 3 N–H and O–H groups in total. The highest BCUT2D eigenvalue weighted by molar-refractivity contribution is 7.71. The van der Waals surface area contributed by atoms with Crippen LogP contribution in [0.1, 0.15) is 17.5 Å². The van der Waals surface area contributed by atoms with E-state index in [1.54, 1.807) is 6.07 Å². The molecule has 0 radical (unpaired) electrons. The Labute approximate surface area is 148 Å². The molecule has 1 aromatic carbocycles. The number of benzene rings is 1. The number of nitrogens with one attached hydrogen (secondary N) is 1. The van der Waals surface area contributed by atoms with Gasteiger partial charge in [0.05, 0.1) is 18.8 Å². The zero-order valence-corrected chi connectivity index (χ0v) is 13.8. The van der Waals surface area contributed by atoms with Crippen LogP contribution in [-0.2, 0) is 4.74 Å². The summed E-state index contributed by atoms with van der Waals surface area (Å²) in [6, 6.07) is 8.11. The molecule has 6 nitrogen and oxygen atoms in total. The van der Waals surface area contributed by atoms with Gasteiger partial charge in [-0.1, -0.05) is 18.3 Å². The topological polar surface area (TPSA) is 108 Å².